The van der Waals surface area contributed by atoms with Crippen molar-refractivity contribution >= 4 is 34.0 Å². The Morgan fingerprint density at radius 3 is 2.89 bits per heavy atom. The van der Waals surface area contributed by atoms with Crippen LogP contribution in [0.2, 0.25) is 0 Å². The number of nitrogen functional groups attached to an aromatic ring is 1. The predicted molar refractivity (Wildman–Crippen MR) is 80.1 cm³/mol. The molecule has 1 saturated carbocycles. The van der Waals surface area contributed by atoms with E-state index in [-0.39, 0.29) is 0 Å². The Kier molecular flexibility index (Phi) is 2.82. The summed E-state index contributed by atoms with van der Waals surface area (Å²) in [4.78, 5) is 4.35. The van der Waals surface area contributed by atoms with Crippen LogP contribution in [0.1, 0.15) is 12.8 Å². The average Bonchev–Trinajstić information content (AvgIpc) is 3.18. The Hall–Kier alpha value is -1.42. The molecule has 3 N–H and O–H groups in total. The fraction of sp³-hybridized carbons (Fsp3) is 0.357. The van der Waals surface area contributed by atoms with Crippen LogP contribution in [0.15, 0.2) is 30.5 Å². The summed E-state index contributed by atoms with van der Waals surface area (Å²) in [5.41, 5.74) is 8.79. The number of nitrogens with zero attached hydrogens (tertiary/aromatic N) is 1. The molecule has 94 valence electrons. The molecule has 1 aliphatic carbocycles. The lowest BCUT2D eigenvalue weighted by Crippen LogP contribution is -2.18. The van der Waals surface area contributed by atoms with E-state index < -0.39 is 0 Å². The maximum absolute atomic E-state index is 6.05. The lowest BCUT2D eigenvalue weighted by Gasteiger charge is -2.17. The van der Waals surface area contributed by atoms with Crippen LogP contribution in [-0.4, -0.2) is 22.5 Å². The fourth-order valence-corrected chi connectivity index (χ4v) is 2.92. The molecule has 18 heavy (non-hydrogen) atoms. The largest absolute Gasteiger partial charge is 0.396 e. The standard InChI is InChI=1S/C14H17N3S/c1-18-14(6-7-14)9-17-13-10-4-2-3-5-12(10)16-8-11(13)15/h2-5,8H,6-7,9,15H2,1H3,(H,16,17). The minimum absolute atomic E-state index is 0.427. The number of nitrogens with one attached hydrogen (secondary N) is 1. The zero-order chi connectivity index (χ0) is 12.6. The summed E-state index contributed by atoms with van der Waals surface area (Å²) >= 11 is 1.95. The number of thioether (sulfide) groups is 1. The molecule has 1 aliphatic rings. The highest BCUT2D eigenvalue weighted by atomic mass is 32.2. The van der Waals surface area contributed by atoms with E-state index in [1.165, 1.54) is 12.8 Å². The molecule has 2 aromatic rings. The van der Waals surface area contributed by atoms with E-state index in [0.717, 1.165) is 28.8 Å². The van der Waals surface area contributed by atoms with Gasteiger partial charge in [-0.25, -0.2) is 0 Å². The van der Waals surface area contributed by atoms with E-state index in [1.54, 1.807) is 6.20 Å². The first-order valence-corrected chi connectivity index (χ1v) is 7.39. The number of anilines is 2. The van der Waals surface area contributed by atoms with E-state index in [1.807, 2.05) is 30.0 Å². The summed E-state index contributed by atoms with van der Waals surface area (Å²) in [6, 6.07) is 8.11. The van der Waals surface area contributed by atoms with Crippen LogP contribution in [-0.2, 0) is 0 Å². The molecule has 1 fully saturated rings. The molecule has 0 radical (unpaired) electrons. The third-order valence-corrected chi connectivity index (χ3v) is 5.05. The SMILES string of the molecule is CSC1(CNc2c(N)cnc3ccccc23)CC1. The highest BCUT2D eigenvalue weighted by Gasteiger charge is 2.41. The number of aromatic nitrogens is 1. The summed E-state index contributed by atoms with van der Waals surface area (Å²) in [6.07, 6.45) is 6.51. The predicted octanol–water partition coefficient (Wildman–Crippen LogP) is 3.12. The second-order valence-corrected chi connectivity index (χ2v) is 6.12. The van der Waals surface area contributed by atoms with Gasteiger partial charge in [0.2, 0.25) is 0 Å². The number of hydrogen-bond donors (Lipinski definition) is 2. The molecular weight excluding hydrogens is 242 g/mol. The van der Waals surface area contributed by atoms with Crippen LogP contribution in [0.5, 0.6) is 0 Å². The molecule has 0 amide bonds. The summed E-state index contributed by atoms with van der Waals surface area (Å²) in [6.45, 7) is 0.979. The molecule has 3 rings (SSSR count). The van der Waals surface area contributed by atoms with Crippen molar-refractivity contribution in [3.63, 3.8) is 0 Å². The number of nitrogens with two attached hydrogens (primary N) is 1. The van der Waals surface area contributed by atoms with E-state index >= 15 is 0 Å². The van der Waals surface area contributed by atoms with Crippen molar-refractivity contribution in [1.82, 2.24) is 4.98 Å². The third-order valence-electron chi connectivity index (χ3n) is 3.63. The Morgan fingerprint density at radius 1 is 1.39 bits per heavy atom. The lowest BCUT2D eigenvalue weighted by atomic mass is 10.1. The van der Waals surface area contributed by atoms with Crippen molar-refractivity contribution in [3.05, 3.63) is 30.5 Å². The van der Waals surface area contributed by atoms with Crippen LogP contribution in [0.25, 0.3) is 10.9 Å². The molecule has 0 unspecified atom stereocenters. The van der Waals surface area contributed by atoms with Gasteiger partial charge in [0.1, 0.15) is 0 Å². The maximum Gasteiger partial charge on any atom is 0.0743 e. The van der Waals surface area contributed by atoms with Gasteiger partial charge >= 0.3 is 0 Å². The average molecular weight is 259 g/mol. The highest BCUT2D eigenvalue weighted by molar-refractivity contribution is 8.00. The Morgan fingerprint density at radius 2 is 2.17 bits per heavy atom. The molecule has 4 heteroatoms. The zero-order valence-corrected chi connectivity index (χ0v) is 11.3. The molecule has 0 bridgehead atoms. The topological polar surface area (TPSA) is 50.9 Å². The first-order valence-electron chi connectivity index (χ1n) is 6.16. The van der Waals surface area contributed by atoms with Crippen molar-refractivity contribution < 1.29 is 0 Å². The number of pyridine rings is 1. The van der Waals surface area contributed by atoms with Gasteiger partial charge in [0, 0.05) is 16.7 Å². The van der Waals surface area contributed by atoms with Gasteiger partial charge in [0.15, 0.2) is 0 Å². The molecule has 1 heterocycles. The van der Waals surface area contributed by atoms with Crippen molar-refractivity contribution in [2.24, 2.45) is 0 Å². The molecule has 0 saturated heterocycles. The van der Waals surface area contributed by atoms with Crippen molar-refractivity contribution in [2.45, 2.75) is 17.6 Å². The highest BCUT2D eigenvalue weighted by Crippen LogP contribution is 2.47. The van der Waals surface area contributed by atoms with Crippen LogP contribution >= 0.6 is 11.8 Å². The summed E-state index contributed by atoms with van der Waals surface area (Å²) in [5, 5.41) is 4.63. The smallest absolute Gasteiger partial charge is 0.0743 e. The minimum atomic E-state index is 0.427. The molecular formula is C14H17N3S. The van der Waals surface area contributed by atoms with Crippen molar-refractivity contribution in [2.75, 3.05) is 23.9 Å². The van der Waals surface area contributed by atoms with Gasteiger partial charge in [-0.05, 0) is 25.2 Å². The van der Waals surface area contributed by atoms with Gasteiger partial charge in [-0.3, -0.25) is 4.98 Å². The Balaban J connectivity index is 1.92. The quantitative estimate of drug-likeness (QED) is 0.885. The van der Waals surface area contributed by atoms with Gasteiger partial charge in [-0.2, -0.15) is 11.8 Å². The Labute approximate surface area is 111 Å². The van der Waals surface area contributed by atoms with Gasteiger partial charge < -0.3 is 11.1 Å². The van der Waals surface area contributed by atoms with Crippen LogP contribution < -0.4 is 11.1 Å². The normalized spacial score (nSPS) is 16.7. The molecule has 0 atom stereocenters. The second-order valence-electron chi connectivity index (χ2n) is 4.85. The van der Waals surface area contributed by atoms with Crippen LogP contribution in [0.3, 0.4) is 0 Å². The van der Waals surface area contributed by atoms with Crippen molar-refractivity contribution in [1.29, 1.82) is 0 Å². The second kappa shape index (κ2) is 4.35. The first kappa shape index (κ1) is 11.7. The number of fused-ring (bicyclic) bond motifs is 1. The summed E-state index contributed by atoms with van der Waals surface area (Å²) in [7, 11) is 0. The van der Waals surface area contributed by atoms with E-state index in [2.05, 4.69) is 22.6 Å². The Bertz CT molecular complexity index is 578. The van der Waals surface area contributed by atoms with Crippen molar-refractivity contribution in [3.8, 4) is 0 Å². The van der Waals surface area contributed by atoms with Gasteiger partial charge in [-0.1, -0.05) is 18.2 Å². The van der Waals surface area contributed by atoms with E-state index in [0.29, 0.717) is 4.75 Å². The molecule has 0 aliphatic heterocycles. The summed E-state index contributed by atoms with van der Waals surface area (Å²) in [5.74, 6) is 0. The number of para-hydroxylation sites is 1. The fourth-order valence-electron chi connectivity index (χ4n) is 2.20. The van der Waals surface area contributed by atoms with Crippen LogP contribution in [0.4, 0.5) is 11.4 Å². The van der Waals surface area contributed by atoms with E-state index in [4.69, 9.17) is 5.73 Å². The molecule has 0 spiro atoms. The number of benzene rings is 1. The monoisotopic (exact) mass is 259 g/mol. The first-order chi connectivity index (χ1) is 8.74. The third kappa shape index (κ3) is 2.01. The van der Waals surface area contributed by atoms with Crippen LogP contribution in [0, 0.1) is 0 Å². The van der Waals surface area contributed by atoms with Gasteiger partial charge in [0.25, 0.3) is 0 Å². The zero-order valence-electron chi connectivity index (χ0n) is 10.4. The molecule has 3 nitrogen and oxygen atoms in total. The van der Waals surface area contributed by atoms with Gasteiger partial charge in [-0.15, -0.1) is 0 Å². The minimum Gasteiger partial charge on any atom is -0.396 e. The lowest BCUT2D eigenvalue weighted by molar-refractivity contribution is 0.951. The number of hydrogen-bond acceptors (Lipinski definition) is 4. The summed E-state index contributed by atoms with van der Waals surface area (Å²) < 4.78 is 0.427. The molecule has 1 aromatic heterocycles. The van der Waals surface area contributed by atoms with Gasteiger partial charge in [0.05, 0.1) is 23.1 Å². The van der Waals surface area contributed by atoms with E-state index in [9.17, 15) is 0 Å². The maximum atomic E-state index is 6.05. The number of rotatable bonds is 4. The molecule has 1 aromatic carbocycles.